The number of carbonyl (C=O) groups is 1. The van der Waals surface area contributed by atoms with Gasteiger partial charge in [0.15, 0.2) is 0 Å². The summed E-state index contributed by atoms with van der Waals surface area (Å²) in [7, 11) is 1.24. The largest absolute Gasteiger partial charge is 0.513 e. The highest BCUT2D eigenvalue weighted by Crippen LogP contribution is 2.26. The minimum absolute atomic E-state index is 0.155. The Bertz CT molecular complexity index is 697. The fraction of sp³-hybridized carbons (Fsp3) is 0.278. The van der Waals surface area contributed by atoms with Crippen LogP contribution in [0.3, 0.4) is 0 Å². The molecule has 0 aliphatic heterocycles. The molecule has 0 saturated carbocycles. The molecule has 0 fully saturated rings. The predicted octanol–water partition coefficient (Wildman–Crippen LogP) is 4.42. The summed E-state index contributed by atoms with van der Waals surface area (Å²) in [5.74, 6) is 0.532. The standard InChI is InChI=1S/C18H19FO4/c1-4-13-9-12(2)15(19)10-17(13)22-11-14-7-5-6-8-16(14)23-18(20)21-3/h5-10H,4,11H2,1-3H3. The van der Waals surface area contributed by atoms with Crippen LogP contribution in [0.25, 0.3) is 0 Å². The van der Waals surface area contributed by atoms with Gasteiger partial charge in [-0.25, -0.2) is 9.18 Å². The van der Waals surface area contributed by atoms with Crippen LogP contribution in [-0.4, -0.2) is 13.3 Å². The van der Waals surface area contributed by atoms with Crippen molar-refractivity contribution in [2.75, 3.05) is 7.11 Å². The van der Waals surface area contributed by atoms with E-state index in [-0.39, 0.29) is 12.4 Å². The number of benzene rings is 2. The van der Waals surface area contributed by atoms with Crippen molar-refractivity contribution in [3.8, 4) is 11.5 Å². The number of aryl methyl sites for hydroxylation is 2. The van der Waals surface area contributed by atoms with Gasteiger partial charge in [0.2, 0.25) is 0 Å². The zero-order chi connectivity index (χ0) is 16.8. The summed E-state index contributed by atoms with van der Waals surface area (Å²) < 4.78 is 29.0. The molecule has 2 rings (SSSR count). The first-order chi connectivity index (χ1) is 11.0. The van der Waals surface area contributed by atoms with Crippen molar-refractivity contribution in [3.05, 3.63) is 58.9 Å². The first-order valence-corrected chi connectivity index (χ1v) is 7.30. The lowest BCUT2D eigenvalue weighted by Gasteiger charge is -2.14. The third-order valence-electron chi connectivity index (χ3n) is 3.44. The topological polar surface area (TPSA) is 44.8 Å². The van der Waals surface area contributed by atoms with Crippen LogP contribution in [0.5, 0.6) is 11.5 Å². The van der Waals surface area contributed by atoms with Crippen LogP contribution < -0.4 is 9.47 Å². The van der Waals surface area contributed by atoms with Crippen molar-refractivity contribution in [1.29, 1.82) is 0 Å². The van der Waals surface area contributed by atoms with E-state index in [0.717, 1.165) is 12.0 Å². The summed E-state index contributed by atoms with van der Waals surface area (Å²) >= 11 is 0. The number of hydrogen-bond acceptors (Lipinski definition) is 4. The fourth-order valence-corrected chi connectivity index (χ4v) is 2.14. The molecule has 0 radical (unpaired) electrons. The number of rotatable bonds is 5. The van der Waals surface area contributed by atoms with Gasteiger partial charge in [0.1, 0.15) is 23.9 Å². The van der Waals surface area contributed by atoms with Gasteiger partial charge >= 0.3 is 6.16 Å². The third-order valence-corrected chi connectivity index (χ3v) is 3.44. The molecule has 2 aromatic rings. The number of para-hydroxylation sites is 1. The van der Waals surface area contributed by atoms with Crippen molar-refractivity contribution < 1.29 is 23.4 Å². The molecule has 122 valence electrons. The first-order valence-electron chi connectivity index (χ1n) is 7.30. The predicted molar refractivity (Wildman–Crippen MR) is 84.3 cm³/mol. The minimum atomic E-state index is -0.798. The van der Waals surface area contributed by atoms with E-state index in [2.05, 4.69) is 4.74 Å². The van der Waals surface area contributed by atoms with Crippen LogP contribution in [0.1, 0.15) is 23.6 Å². The normalized spacial score (nSPS) is 10.3. The van der Waals surface area contributed by atoms with Crippen molar-refractivity contribution in [2.24, 2.45) is 0 Å². The quantitative estimate of drug-likeness (QED) is 0.604. The Labute approximate surface area is 134 Å². The Morgan fingerprint density at radius 3 is 2.57 bits per heavy atom. The Hall–Kier alpha value is -2.56. The molecule has 0 spiro atoms. The van der Waals surface area contributed by atoms with E-state index in [1.54, 1.807) is 37.3 Å². The lowest BCUT2D eigenvalue weighted by atomic mass is 10.1. The summed E-state index contributed by atoms with van der Waals surface area (Å²) in [6.45, 7) is 3.86. The van der Waals surface area contributed by atoms with E-state index < -0.39 is 6.16 Å². The summed E-state index contributed by atoms with van der Waals surface area (Å²) in [5.41, 5.74) is 2.18. The molecule has 0 amide bonds. The van der Waals surface area contributed by atoms with E-state index in [0.29, 0.717) is 22.6 Å². The molecule has 0 aromatic heterocycles. The van der Waals surface area contributed by atoms with Crippen LogP contribution in [0, 0.1) is 12.7 Å². The van der Waals surface area contributed by atoms with E-state index >= 15 is 0 Å². The van der Waals surface area contributed by atoms with E-state index in [1.807, 2.05) is 6.92 Å². The molecule has 23 heavy (non-hydrogen) atoms. The van der Waals surface area contributed by atoms with Crippen molar-refractivity contribution in [2.45, 2.75) is 26.9 Å². The highest BCUT2D eigenvalue weighted by atomic mass is 19.1. The summed E-state index contributed by atoms with van der Waals surface area (Å²) in [4.78, 5) is 11.3. The summed E-state index contributed by atoms with van der Waals surface area (Å²) in [6.07, 6.45) is -0.0652. The monoisotopic (exact) mass is 318 g/mol. The second kappa shape index (κ2) is 7.63. The molecule has 4 nitrogen and oxygen atoms in total. The molecule has 0 unspecified atom stereocenters. The molecule has 0 saturated heterocycles. The number of hydrogen-bond donors (Lipinski definition) is 0. The highest BCUT2D eigenvalue weighted by Gasteiger charge is 2.12. The summed E-state index contributed by atoms with van der Waals surface area (Å²) in [5, 5.41) is 0. The van der Waals surface area contributed by atoms with Gasteiger partial charge < -0.3 is 14.2 Å². The maximum atomic E-state index is 13.8. The zero-order valence-corrected chi connectivity index (χ0v) is 13.4. The number of halogens is 1. The molecule has 0 N–H and O–H groups in total. The zero-order valence-electron chi connectivity index (χ0n) is 13.4. The van der Waals surface area contributed by atoms with Crippen LogP contribution in [0.15, 0.2) is 36.4 Å². The lowest BCUT2D eigenvalue weighted by Crippen LogP contribution is -2.10. The molecular formula is C18H19FO4. The fourth-order valence-electron chi connectivity index (χ4n) is 2.14. The molecule has 0 bridgehead atoms. The second-order valence-corrected chi connectivity index (χ2v) is 5.02. The number of carbonyl (C=O) groups excluding carboxylic acids is 1. The Balaban J connectivity index is 2.18. The number of ether oxygens (including phenoxy) is 3. The maximum Gasteiger partial charge on any atom is 0.513 e. The lowest BCUT2D eigenvalue weighted by molar-refractivity contribution is 0.120. The number of methoxy groups -OCH3 is 1. The molecule has 0 aliphatic rings. The van der Waals surface area contributed by atoms with Crippen molar-refractivity contribution in [3.63, 3.8) is 0 Å². The van der Waals surface area contributed by atoms with Crippen molar-refractivity contribution in [1.82, 2.24) is 0 Å². The van der Waals surface area contributed by atoms with Gasteiger partial charge in [0, 0.05) is 11.6 Å². The van der Waals surface area contributed by atoms with Crippen LogP contribution in [0.4, 0.5) is 9.18 Å². The highest BCUT2D eigenvalue weighted by molar-refractivity contribution is 5.64. The van der Waals surface area contributed by atoms with Gasteiger partial charge in [-0.15, -0.1) is 0 Å². The molecule has 0 atom stereocenters. The van der Waals surface area contributed by atoms with Gasteiger partial charge in [-0.05, 0) is 36.6 Å². The van der Waals surface area contributed by atoms with Gasteiger partial charge in [0.05, 0.1) is 7.11 Å². The van der Waals surface area contributed by atoms with E-state index in [4.69, 9.17) is 9.47 Å². The van der Waals surface area contributed by atoms with E-state index in [1.165, 1.54) is 13.2 Å². The van der Waals surface area contributed by atoms with Crippen LogP contribution in [0.2, 0.25) is 0 Å². The van der Waals surface area contributed by atoms with Gasteiger partial charge in [0.25, 0.3) is 0 Å². The Morgan fingerprint density at radius 2 is 1.87 bits per heavy atom. The molecule has 0 heterocycles. The van der Waals surface area contributed by atoms with E-state index in [9.17, 15) is 9.18 Å². The van der Waals surface area contributed by atoms with Crippen LogP contribution >= 0.6 is 0 Å². The first kappa shape index (κ1) is 16.8. The van der Waals surface area contributed by atoms with Gasteiger partial charge in [-0.3, -0.25) is 0 Å². The molecule has 2 aromatic carbocycles. The van der Waals surface area contributed by atoms with Crippen molar-refractivity contribution >= 4 is 6.16 Å². The maximum absolute atomic E-state index is 13.8. The van der Waals surface area contributed by atoms with Gasteiger partial charge in [-0.2, -0.15) is 0 Å². The smallest absolute Gasteiger partial charge is 0.488 e. The third kappa shape index (κ3) is 4.22. The summed E-state index contributed by atoms with van der Waals surface area (Å²) in [6, 6.07) is 10.1. The molecule has 5 heteroatoms. The Kier molecular flexibility index (Phi) is 5.57. The average molecular weight is 318 g/mol. The van der Waals surface area contributed by atoms with Gasteiger partial charge in [-0.1, -0.05) is 25.1 Å². The molecule has 0 aliphatic carbocycles. The second-order valence-electron chi connectivity index (χ2n) is 5.02. The van der Waals surface area contributed by atoms with Crippen LogP contribution in [-0.2, 0) is 17.8 Å². The molecular weight excluding hydrogens is 299 g/mol. The minimum Gasteiger partial charge on any atom is -0.488 e. The average Bonchev–Trinajstić information content (AvgIpc) is 2.56. The Morgan fingerprint density at radius 1 is 1.13 bits per heavy atom. The SMILES string of the molecule is CCc1cc(C)c(F)cc1OCc1ccccc1OC(=O)OC.